The number of benzene rings is 2. The van der Waals surface area contributed by atoms with Crippen molar-refractivity contribution in [2.45, 2.75) is 24.9 Å². The highest BCUT2D eigenvalue weighted by molar-refractivity contribution is 9.10. The number of methoxy groups -OCH3 is 3. The molecule has 2 aromatic carbocycles. The molecule has 0 spiro atoms. The Labute approximate surface area is 173 Å². The second kappa shape index (κ2) is 8.84. The molecule has 0 saturated carbocycles. The van der Waals surface area contributed by atoms with Gasteiger partial charge in [-0.05, 0) is 42.7 Å². The normalized spacial score (nSPS) is 17.9. The average molecular weight is 450 g/mol. The van der Waals surface area contributed by atoms with Gasteiger partial charge in [0.05, 0.1) is 27.4 Å². The van der Waals surface area contributed by atoms with Crippen LogP contribution in [0.15, 0.2) is 40.9 Å². The lowest BCUT2D eigenvalue weighted by molar-refractivity contribution is -0.142. The summed E-state index contributed by atoms with van der Waals surface area (Å²) in [5, 5.41) is 9.76. The van der Waals surface area contributed by atoms with E-state index in [0.29, 0.717) is 30.2 Å². The number of halogens is 1. The Morgan fingerprint density at radius 3 is 2.50 bits per heavy atom. The second-order valence-electron chi connectivity index (χ2n) is 6.62. The largest absolute Gasteiger partial charge is 0.493 e. The minimum atomic E-state index is -0.808. The standard InChI is InChI=1S/C21H24BrNO5/c1-26-17-10-9-15(19(27-2)20(17)28-3)18(13-6-4-7-14(22)12-13)23-11-5-8-16(23)21(24)25/h4,6-7,9-10,12,16,18H,5,8,11H2,1-3H3,(H,24,25). The van der Waals surface area contributed by atoms with Crippen LogP contribution in [0.3, 0.4) is 0 Å². The van der Waals surface area contributed by atoms with Crippen LogP contribution < -0.4 is 14.2 Å². The van der Waals surface area contributed by atoms with E-state index in [0.717, 1.165) is 22.0 Å². The Hall–Kier alpha value is -2.25. The van der Waals surface area contributed by atoms with Crippen LogP contribution in [0, 0.1) is 0 Å². The number of rotatable bonds is 7. The molecule has 150 valence electrons. The molecular formula is C21H24BrNO5. The third kappa shape index (κ3) is 3.82. The third-order valence-corrected chi connectivity index (χ3v) is 5.60. The molecule has 7 heteroatoms. The van der Waals surface area contributed by atoms with Gasteiger partial charge in [0.2, 0.25) is 5.75 Å². The number of carboxylic acids is 1. The molecule has 1 aliphatic rings. The molecule has 2 unspecified atom stereocenters. The zero-order chi connectivity index (χ0) is 20.3. The molecule has 1 saturated heterocycles. The molecule has 1 heterocycles. The Morgan fingerprint density at radius 1 is 1.14 bits per heavy atom. The molecule has 1 aliphatic heterocycles. The summed E-state index contributed by atoms with van der Waals surface area (Å²) in [6.45, 7) is 0.686. The van der Waals surface area contributed by atoms with Crippen LogP contribution in [0.2, 0.25) is 0 Å². The highest BCUT2D eigenvalue weighted by Crippen LogP contribution is 2.46. The van der Waals surface area contributed by atoms with Crippen molar-refractivity contribution in [1.29, 1.82) is 0 Å². The summed E-state index contributed by atoms with van der Waals surface area (Å²) in [5.74, 6) is 0.792. The predicted molar refractivity (Wildman–Crippen MR) is 109 cm³/mol. The van der Waals surface area contributed by atoms with Crippen molar-refractivity contribution in [3.05, 3.63) is 52.0 Å². The van der Waals surface area contributed by atoms with Crippen molar-refractivity contribution >= 4 is 21.9 Å². The molecular weight excluding hydrogens is 426 g/mol. The second-order valence-corrected chi connectivity index (χ2v) is 7.53. The fourth-order valence-corrected chi connectivity index (χ4v) is 4.35. The quantitative estimate of drug-likeness (QED) is 0.685. The number of likely N-dealkylation sites (tertiary alicyclic amines) is 1. The van der Waals surface area contributed by atoms with Gasteiger partial charge in [-0.3, -0.25) is 9.69 Å². The lowest BCUT2D eigenvalue weighted by Gasteiger charge is -2.33. The molecule has 0 radical (unpaired) electrons. The maximum absolute atomic E-state index is 11.9. The number of carboxylic acid groups (broad SMARTS) is 1. The monoisotopic (exact) mass is 449 g/mol. The summed E-state index contributed by atoms with van der Waals surface area (Å²) in [5.41, 5.74) is 1.82. The van der Waals surface area contributed by atoms with E-state index >= 15 is 0 Å². The molecule has 2 aromatic rings. The van der Waals surface area contributed by atoms with Gasteiger partial charge >= 0.3 is 5.97 Å². The number of carbonyl (C=O) groups is 1. The first-order valence-electron chi connectivity index (χ1n) is 9.04. The molecule has 0 bridgehead atoms. The van der Waals surface area contributed by atoms with Crippen molar-refractivity contribution in [2.75, 3.05) is 27.9 Å². The molecule has 1 fully saturated rings. The van der Waals surface area contributed by atoms with Gasteiger partial charge in [-0.15, -0.1) is 0 Å². The van der Waals surface area contributed by atoms with Crippen LogP contribution in [0.4, 0.5) is 0 Å². The highest BCUT2D eigenvalue weighted by atomic mass is 79.9. The topological polar surface area (TPSA) is 68.2 Å². The van der Waals surface area contributed by atoms with Crippen molar-refractivity contribution in [1.82, 2.24) is 4.90 Å². The molecule has 28 heavy (non-hydrogen) atoms. The van der Waals surface area contributed by atoms with Crippen LogP contribution >= 0.6 is 15.9 Å². The molecule has 6 nitrogen and oxygen atoms in total. The number of ether oxygens (including phenoxy) is 3. The van der Waals surface area contributed by atoms with Crippen LogP contribution in [0.5, 0.6) is 17.2 Å². The SMILES string of the molecule is COc1ccc(C(c2cccc(Br)c2)N2CCCC2C(=O)O)c(OC)c1OC. The summed E-state index contributed by atoms with van der Waals surface area (Å²) in [6.07, 6.45) is 1.45. The van der Waals surface area contributed by atoms with Crippen LogP contribution in [-0.4, -0.2) is 49.9 Å². The maximum Gasteiger partial charge on any atom is 0.320 e. The van der Waals surface area contributed by atoms with E-state index in [2.05, 4.69) is 15.9 Å². The van der Waals surface area contributed by atoms with E-state index in [1.165, 1.54) is 0 Å². The minimum Gasteiger partial charge on any atom is -0.493 e. The summed E-state index contributed by atoms with van der Waals surface area (Å²) in [7, 11) is 4.72. The van der Waals surface area contributed by atoms with Crippen LogP contribution in [-0.2, 0) is 4.79 Å². The first kappa shape index (κ1) is 20.5. The zero-order valence-electron chi connectivity index (χ0n) is 16.1. The van der Waals surface area contributed by atoms with E-state index in [-0.39, 0.29) is 6.04 Å². The van der Waals surface area contributed by atoms with Crippen molar-refractivity contribution in [3.8, 4) is 17.2 Å². The van der Waals surface area contributed by atoms with Crippen LogP contribution in [0.25, 0.3) is 0 Å². The van der Waals surface area contributed by atoms with Gasteiger partial charge in [0.1, 0.15) is 6.04 Å². The smallest absolute Gasteiger partial charge is 0.320 e. The highest BCUT2D eigenvalue weighted by Gasteiger charge is 2.38. The molecule has 0 aromatic heterocycles. The molecule has 0 aliphatic carbocycles. The first-order valence-corrected chi connectivity index (χ1v) is 9.84. The minimum absolute atomic E-state index is 0.296. The van der Waals surface area contributed by atoms with E-state index in [4.69, 9.17) is 14.2 Å². The van der Waals surface area contributed by atoms with Crippen molar-refractivity contribution in [3.63, 3.8) is 0 Å². The number of hydrogen-bond donors (Lipinski definition) is 1. The Morgan fingerprint density at radius 2 is 1.89 bits per heavy atom. The molecule has 2 atom stereocenters. The third-order valence-electron chi connectivity index (χ3n) is 5.10. The van der Waals surface area contributed by atoms with Gasteiger partial charge in [-0.25, -0.2) is 0 Å². The van der Waals surface area contributed by atoms with Crippen molar-refractivity contribution in [2.24, 2.45) is 0 Å². The Bertz CT molecular complexity index is 857. The average Bonchev–Trinajstić information content (AvgIpc) is 3.17. The lowest BCUT2D eigenvalue weighted by atomic mass is 9.94. The van der Waals surface area contributed by atoms with Gasteiger partial charge in [0.15, 0.2) is 11.5 Å². The van der Waals surface area contributed by atoms with Gasteiger partial charge in [0, 0.05) is 16.6 Å². The molecule has 1 N–H and O–H groups in total. The van der Waals surface area contributed by atoms with Gasteiger partial charge < -0.3 is 19.3 Å². The summed E-state index contributed by atoms with van der Waals surface area (Å²) in [4.78, 5) is 13.9. The first-order chi connectivity index (χ1) is 13.5. The molecule has 3 rings (SSSR count). The van der Waals surface area contributed by atoms with E-state index in [9.17, 15) is 9.90 Å². The van der Waals surface area contributed by atoms with Gasteiger partial charge in [-0.2, -0.15) is 0 Å². The van der Waals surface area contributed by atoms with E-state index < -0.39 is 12.0 Å². The Kier molecular flexibility index (Phi) is 6.46. The number of nitrogens with zero attached hydrogens (tertiary/aromatic N) is 1. The predicted octanol–water partition coefficient (Wildman–Crippen LogP) is 4.11. The number of hydrogen-bond acceptors (Lipinski definition) is 5. The zero-order valence-corrected chi connectivity index (χ0v) is 17.7. The molecule has 0 amide bonds. The van der Waals surface area contributed by atoms with Gasteiger partial charge in [-0.1, -0.05) is 28.1 Å². The number of aliphatic carboxylic acids is 1. The van der Waals surface area contributed by atoms with Gasteiger partial charge in [0.25, 0.3) is 0 Å². The summed E-state index contributed by atoms with van der Waals surface area (Å²) >= 11 is 3.53. The maximum atomic E-state index is 11.9. The van der Waals surface area contributed by atoms with Crippen molar-refractivity contribution < 1.29 is 24.1 Å². The lowest BCUT2D eigenvalue weighted by Crippen LogP contribution is -2.39. The summed E-state index contributed by atoms with van der Waals surface area (Å²) in [6, 6.07) is 10.8. The summed E-state index contributed by atoms with van der Waals surface area (Å²) < 4.78 is 17.6. The fraction of sp³-hybridized carbons (Fsp3) is 0.381. The van der Waals surface area contributed by atoms with E-state index in [1.807, 2.05) is 41.3 Å². The van der Waals surface area contributed by atoms with E-state index in [1.54, 1.807) is 21.3 Å². The fourth-order valence-electron chi connectivity index (χ4n) is 3.93. The Balaban J connectivity index is 2.21. The van der Waals surface area contributed by atoms with Crippen LogP contribution in [0.1, 0.15) is 30.0 Å².